The predicted molar refractivity (Wildman–Crippen MR) is 359 cm³/mol. The number of hydrogen-bond donors (Lipinski definition) is 2. The van der Waals surface area contributed by atoms with Crippen LogP contribution in [0.4, 0.5) is 28.4 Å². The highest BCUT2D eigenvalue weighted by molar-refractivity contribution is 8.13. The van der Waals surface area contributed by atoms with Crippen molar-refractivity contribution < 1.29 is 38.5 Å². The van der Waals surface area contributed by atoms with E-state index in [1.165, 1.54) is 78.4 Å². The van der Waals surface area contributed by atoms with E-state index in [2.05, 4.69) is 73.0 Å². The highest BCUT2D eigenvalue weighted by Crippen LogP contribution is 2.36. The lowest BCUT2D eigenvalue weighted by atomic mass is 10.1. The fourth-order valence-electron chi connectivity index (χ4n) is 10.9. The summed E-state index contributed by atoms with van der Waals surface area (Å²) in [5, 5.41) is 6.65. The maximum atomic E-state index is 12.7. The van der Waals surface area contributed by atoms with Crippen LogP contribution in [0, 0.1) is 0 Å². The number of para-hydroxylation sites is 2. The number of ketones is 1. The zero-order chi connectivity index (χ0) is 63.2. The van der Waals surface area contributed by atoms with Crippen molar-refractivity contribution >= 4 is 84.0 Å². The number of fused-ring (bicyclic) bond motifs is 5. The summed E-state index contributed by atoms with van der Waals surface area (Å²) in [5.74, 6) is -0.0119. The minimum absolute atomic E-state index is 0.0119. The van der Waals surface area contributed by atoms with E-state index in [1.54, 1.807) is 115 Å². The average Bonchev–Trinajstić information content (AvgIpc) is 2.11. The van der Waals surface area contributed by atoms with E-state index in [0.717, 1.165) is 66.8 Å². The highest BCUT2D eigenvalue weighted by atomic mass is 35.7. The van der Waals surface area contributed by atoms with Crippen LogP contribution in [0.25, 0.3) is 0 Å². The summed E-state index contributed by atoms with van der Waals surface area (Å²) in [4.78, 5) is 12.5. The second kappa shape index (κ2) is 29.4. The third kappa shape index (κ3) is 16.0. The van der Waals surface area contributed by atoms with Crippen molar-refractivity contribution in [2.75, 3.05) is 56.3 Å². The molecule has 14 rings (SSSR count). The van der Waals surface area contributed by atoms with Gasteiger partial charge >= 0.3 is 0 Å². The number of aryl methyl sites for hydroxylation is 2. The molecule has 0 fully saturated rings. The molecule has 5 aliphatic rings. The van der Waals surface area contributed by atoms with Crippen LogP contribution in [0.15, 0.2) is 244 Å². The SMILES string of the molecule is CC(=O)c1ccc2c(c1)CCN2S(=O)(=O)c1ccccc1.CCc1ccc2c(c1)CCN2.CCc1ccc2c(c1)CCN2S(=O)(=O)c1ccccc1.O=S(=O)(Cl)c1ccccc1.O=S(=O)(c1ccccc1)N1CCc2ccccc21.c1ccc2c(c1)CCN2. The molecule has 5 heterocycles. The number of nitrogens with one attached hydrogen (secondary N) is 2. The molecule has 9 aromatic rings. The van der Waals surface area contributed by atoms with Gasteiger partial charge in [-0.25, -0.2) is 33.7 Å². The van der Waals surface area contributed by atoms with Gasteiger partial charge in [0.1, 0.15) is 0 Å². The molecule has 0 saturated carbocycles. The number of carbonyl (C=O) groups excluding carboxylic acids is 1. The van der Waals surface area contributed by atoms with Crippen LogP contribution >= 0.6 is 10.7 Å². The van der Waals surface area contributed by atoms with E-state index < -0.39 is 39.1 Å². The summed E-state index contributed by atoms with van der Waals surface area (Å²) in [7, 11) is -8.89. The molecule has 9 aromatic carbocycles. The monoisotopic (exact) mass is 1290 g/mol. The summed E-state index contributed by atoms with van der Waals surface area (Å²) < 4.78 is 101. The molecule has 0 saturated heterocycles. The highest BCUT2D eigenvalue weighted by Gasteiger charge is 2.33. The quantitative estimate of drug-likeness (QED) is 0.0980. The summed E-state index contributed by atoms with van der Waals surface area (Å²) in [6.45, 7) is 9.50. The maximum absolute atomic E-state index is 12.7. The van der Waals surface area contributed by atoms with Crippen LogP contribution in [-0.4, -0.2) is 72.2 Å². The second-order valence-corrected chi connectivity index (χ2v) is 29.5. The Bertz CT molecular complexity index is 4350. The third-order valence-electron chi connectivity index (χ3n) is 15.6. The first kappa shape index (κ1) is 65.2. The van der Waals surface area contributed by atoms with Crippen LogP contribution in [-0.2, 0) is 84.1 Å². The summed E-state index contributed by atoms with van der Waals surface area (Å²) in [5.41, 5.74) is 14.4. The van der Waals surface area contributed by atoms with Gasteiger partial charge in [-0.3, -0.25) is 17.7 Å². The van der Waals surface area contributed by atoms with Crippen LogP contribution in [0.1, 0.15) is 70.1 Å². The largest absolute Gasteiger partial charge is 0.384 e. The number of rotatable bonds is 10. The van der Waals surface area contributed by atoms with Crippen LogP contribution in [0.3, 0.4) is 0 Å². The average molecular weight is 1290 g/mol. The van der Waals surface area contributed by atoms with E-state index in [-0.39, 0.29) is 15.6 Å². The molecule has 0 amide bonds. The first-order valence-corrected chi connectivity index (χ1v) is 36.2. The summed E-state index contributed by atoms with van der Waals surface area (Å²) in [6, 6.07) is 67.6. The van der Waals surface area contributed by atoms with E-state index in [0.29, 0.717) is 47.1 Å². The lowest BCUT2D eigenvalue weighted by Gasteiger charge is -2.19. The third-order valence-corrected chi connectivity index (χ3v) is 22.5. The van der Waals surface area contributed by atoms with Crippen molar-refractivity contribution in [3.8, 4) is 0 Å². The lowest BCUT2D eigenvalue weighted by molar-refractivity contribution is 0.101. The number of sulfonamides is 3. The molecule has 0 aliphatic carbocycles. The minimum atomic E-state index is -3.54. The van der Waals surface area contributed by atoms with Crippen LogP contribution in [0.5, 0.6) is 0 Å². The van der Waals surface area contributed by atoms with Gasteiger partial charge in [0.15, 0.2) is 5.78 Å². The molecule has 0 bridgehead atoms. The van der Waals surface area contributed by atoms with Gasteiger partial charge in [0, 0.05) is 60.3 Å². The molecule has 5 aliphatic heterocycles. The Morgan fingerprint density at radius 1 is 0.382 bits per heavy atom. The fourth-order valence-corrected chi connectivity index (χ4v) is 16.2. The Kier molecular flexibility index (Phi) is 21.5. The Hall–Kier alpha value is -8.26. The van der Waals surface area contributed by atoms with Gasteiger partial charge in [-0.2, -0.15) is 0 Å². The summed E-state index contributed by atoms with van der Waals surface area (Å²) in [6.07, 6.45) is 6.70. The molecule has 462 valence electrons. The summed E-state index contributed by atoms with van der Waals surface area (Å²) >= 11 is 0. The molecular formula is C70H72ClN5O9S4. The molecule has 0 unspecified atom stereocenters. The van der Waals surface area contributed by atoms with Crippen molar-refractivity contribution in [3.05, 3.63) is 269 Å². The molecule has 0 radical (unpaired) electrons. The van der Waals surface area contributed by atoms with E-state index in [9.17, 15) is 38.5 Å². The van der Waals surface area contributed by atoms with Crippen LogP contribution in [0.2, 0.25) is 0 Å². The predicted octanol–water partition coefficient (Wildman–Crippen LogP) is 13.6. The minimum Gasteiger partial charge on any atom is -0.384 e. The Labute approximate surface area is 529 Å². The van der Waals surface area contributed by atoms with Crippen molar-refractivity contribution in [1.29, 1.82) is 0 Å². The van der Waals surface area contributed by atoms with Gasteiger partial charge in [0.05, 0.1) is 36.6 Å². The molecular weight excluding hydrogens is 1220 g/mol. The van der Waals surface area contributed by atoms with Gasteiger partial charge in [0.2, 0.25) is 0 Å². The maximum Gasteiger partial charge on any atom is 0.264 e. The van der Waals surface area contributed by atoms with Crippen LogP contribution < -0.4 is 23.5 Å². The molecule has 0 atom stereocenters. The van der Waals surface area contributed by atoms with E-state index >= 15 is 0 Å². The molecule has 14 nitrogen and oxygen atoms in total. The van der Waals surface area contributed by atoms with Crippen molar-refractivity contribution in [3.63, 3.8) is 0 Å². The number of anilines is 5. The van der Waals surface area contributed by atoms with Gasteiger partial charge in [0.25, 0.3) is 39.1 Å². The molecule has 19 heteroatoms. The smallest absolute Gasteiger partial charge is 0.264 e. The Morgan fingerprint density at radius 3 is 1.19 bits per heavy atom. The number of nitrogens with zero attached hydrogens (tertiary/aromatic N) is 3. The number of halogens is 1. The van der Waals surface area contributed by atoms with Crippen molar-refractivity contribution in [2.24, 2.45) is 0 Å². The molecule has 0 aromatic heterocycles. The number of hydrogen-bond acceptors (Lipinski definition) is 11. The fraction of sp³-hybridized carbons (Fsp3) is 0.214. The van der Waals surface area contributed by atoms with Gasteiger partial charge in [-0.1, -0.05) is 147 Å². The Balaban J connectivity index is 0.000000130. The number of benzene rings is 9. The van der Waals surface area contributed by atoms with E-state index in [1.807, 2.05) is 48.5 Å². The molecule has 2 N–H and O–H groups in total. The number of carbonyl (C=O) groups is 1. The van der Waals surface area contributed by atoms with Gasteiger partial charge in [-0.15, -0.1) is 0 Å². The standard InChI is InChI=1S/C16H15NO3S.C16H17NO2S.C14H13NO2S.C10H13N.C8H9N.C6H5ClO2S/c1-12(18)13-7-8-16-14(11-13)9-10-17(16)21(19,20)15-5-3-2-4-6-15;1-2-13-8-9-16-14(12-13)10-11-17(16)20(18,19)15-6-4-3-5-7-15;16-18(17,13-7-2-1-3-8-13)15-11-10-12-6-4-5-9-14(12)15;1-2-8-3-4-10-9(7-8)5-6-11-10;1-2-4-8-7(3-1)5-6-9-8;7-10(8,9)6-4-2-1-3-5-6/h2-8,11H,9-10H2,1H3;3-9,12H,2,10-11H2,1H3;1-9H,10-11H2;3-4,7,11H,2,5-6H2,1H3;1-4,9H,5-6H2;1-5H. The first-order valence-electron chi connectivity index (χ1n) is 29.5. The zero-order valence-electron chi connectivity index (χ0n) is 49.9. The normalized spacial score (nSPS) is 14.0. The first-order chi connectivity index (χ1) is 42.8. The van der Waals surface area contributed by atoms with Crippen molar-refractivity contribution in [1.82, 2.24) is 0 Å². The zero-order valence-corrected chi connectivity index (χ0v) is 53.9. The molecule has 89 heavy (non-hydrogen) atoms. The second-order valence-electron chi connectivity index (χ2n) is 21.4. The van der Waals surface area contributed by atoms with Crippen molar-refractivity contribution in [2.45, 2.75) is 85.3 Å². The van der Waals surface area contributed by atoms with E-state index in [4.69, 9.17) is 10.7 Å². The Morgan fingerprint density at radius 2 is 0.742 bits per heavy atom. The van der Waals surface area contributed by atoms with Gasteiger partial charge < -0.3 is 10.6 Å². The lowest BCUT2D eigenvalue weighted by Crippen LogP contribution is -2.29. The van der Waals surface area contributed by atoms with Gasteiger partial charge in [-0.05, 0) is 182 Å². The number of Topliss-reactive ketones (excluding diaryl/α,β-unsaturated/α-hetero) is 1. The molecule has 0 spiro atoms. The topological polar surface area (TPSA) is 187 Å².